The van der Waals surface area contributed by atoms with E-state index in [1.54, 1.807) is 0 Å². The molecule has 0 heterocycles. The van der Waals surface area contributed by atoms with Crippen molar-refractivity contribution in [2.45, 2.75) is 52.0 Å². The maximum atomic E-state index is 5.32. The lowest BCUT2D eigenvalue weighted by Crippen LogP contribution is -2.41. The van der Waals surface area contributed by atoms with Gasteiger partial charge in [-0.05, 0) is 37.6 Å². The van der Waals surface area contributed by atoms with Crippen LogP contribution in [0.3, 0.4) is 0 Å². The standard InChI is InChI=1S/C13H27NO/c1-4-9-14-13(10-15-3)12-7-5-11(2)6-8-12/h11-14H,4-10H2,1-3H3. The van der Waals surface area contributed by atoms with E-state index in [0.29, 0.717) is 6.04 Å². The van der Waals surface area contributed by atoms with Gasteiger partial charge in [-0.1, -0.05) is 26.7 Å². The Morgan fingerprint density at radius 3 is 2.47 bits per heavy atom. The molecule has 15 heavy (non-hydrogen) atoms. The molecule has 0 aromatic rings. The number of methoxy groups -OCH3 is 1. The van der Waals surface area contributed by atoms with E-state index in [-0.39, 0.29) is 0 Å². The smallest absolute Gasteiger partial charge is 0.0618 e. The van der Waals surface area contributed by atoms with Crippen molar-refractivity contribution in [3.8, 4) is 0 Å². The minimum absolute atomic E-state index is 0.586. The van der Waals surface area contributed by atoms with Crippen LogP contribution in [-0.4, -0.2) is 26.3 Å². The fourth-order valence-electron chi connectivity index (χ4n) is 2.56. The zero-order chi connectivity index (χ0) is 11.1. The topological polar surface area (TPSA) is 21.3 Å². The first-order chi connectivity index (χ1) is 7.27. The Kier molecular flexibility index (Phi) is 6.26. The van der Waals surface area contributed by atoms with Gasteiger partial charge >= 0.3 is 0 Å². The van der Waals surface area contributed by atoms with Crippen LogP contribution in [0.2, 0.25) is 0 Å². The summed E-state index contributed by atoms with van der Waals surface area (Å²) in [6, 6.07) is 0.586. The molecule has 0 saturated heterocycles. The SMILES string of the molecule is CCCNC(COC)C1CCC(C)CC1. The Morgan fingerprint density at radius 2 is 1.93 bits per heavy atom. The minimum atomic E-state index is 0.586. The Hall–Kier alpha value is -0.0800. The normalized spacial score (nSPS) is 29.0. The molecule has 2 heteroatoms. The van der Waals surface area contributed by atoms with Crippen LogP contribution in [-0.2, 0) is 4.74 Å². The van der Waals surface area contributed by atoms with Crippen LogP contribution < -0.4 is 5.32 Å². The first-order valence-electron chi connectivity index (χ1n) is 6.50. The minimum Gasteiger partial charge on any atom is -0.383 e. The van der Waals surface area contributed by atoms with Crippen molar-refractivity contribution in [2.24, 2.45) is 11.8 Å². The van der Waals surface area contributed by atoms with Gasteiger partial charge in [0, 0.05) is 13.2 Å². The van der Waals surface area contributed by atoms with Crippen LogP contribution >= 0.6 is 0 Å². The summed E-state index contributed by atoms with van der Waals surface area (Å²) < 4.78 is 5.32. The second kappa shape index (κ2) is 7.24. The van der Waals surface area contributed by atoms with Crippen molar-refractivity contribution in [3.05, 3.63) is 0 Å². The van der Waals surface area contributed by atoms with Crippen molar-refractivity contribution in [1.82, 2.24) is 5.32 Å². The molecule has 1 unspecified atom stereocenters. The van der Waals surface area contributed by atoms with Crippen molar-refractivity contribution < 1.29 is 4.74 Å². The molecule has 90 valence electrons. The lowest BCUT2D eigenvalue weighted by atomic mass is 9.79. The summed E-state index contributed by atoms with van der Waals surface area (Å²) in [7, 11) is 1.81. The summed E-state index contributed by atoms with van der Waals surface area (Å²) in [5, 5.41) is 3.63. The molecule has 0 bridgehead atoms. The Bertz CT molecular complexity index is 153. The lowest BCUT2D eigenvalue weighted by Gasteiger charge is -2.33. The first kappa shape index (κ1) is 13.0. The molecule has 0 aromatic heterocycles. The monoisotopic (exact) mass is 213 g/mol. The summed E-state index contributed by atoms with van der Waals surface area (Å²) in [5.41, 5.74) is 0. The predicted octanol–water partition coefficient (Wildman–Crippen LogP) is 2.83. The van der Waals surface area contributed by atoms with Gasteiger partial charge in [-0.15, -0.1) is 0 Å². The molecule has 1 atom stereocenters. The highest BCUT2D eigenvalue weighted by Gasteiger charge is 2.25. The molecule has 2 nitrogen and oxygen atoms in total. The summed E-state index contributed by atoms with van der Waals surface area (Å²) in [4.78, 5) is 0. The molecule has 0 radical (unpaired) electrons. The van der Waals surface area contributed by atoms with Gasteiger partial charge in [0.15, 0.2) is 0 Å². The molecule has 0 aliphatic heterocycles. The van der Waals surface area contributed by atoms with Crippen LogP contribution in [0.4, 0.5) is 0 Å². The predicted molar refractivity (Wildman–Crippen MR) is 65.1 cm³/mol. The fourth-order valence-corrected chi connectivity index (χ4v) is 2.56. The van der Waals surface area contributed by atoms with Crippen LogP contribution in [0.1, 0.15) is 46.0 Å². The molecule has 1 aliphatic carbocycles. The summed E-state index contributed by atoms with van der Waals surface area (Å²) in [6.45, 7) is 6.60. The van der Waals surface area contributed by atoms with Crippen LogP contribution in [0.15, 0.2) is 0 Å². The van der Waals surface area contributed by atoms with Gasteiger partial charge in [-0.25, -0.2) is 0 Å². The maximum Gasteiger partial charge on any atom is 0.0618 e. The number of nitrogens with one attached hydrogen (secondary N) is 1. The molecule has 1 saturated carbocycles. The zero-order valence-electron chi connectivity index (χ0n) is 10.6. The quantitative estimate of drug-likeness (QED) is 0.732. The summed E-state index contributed by atoms with van der Waals surface area (Å²) in [5.74, 6) is 1.78. The van der Waals surface area contributed by atoms with E-state index >= 15 is 0 Å². The Balaban J connectivity index is 2.33. The molecule has 0 aromatic carbocycles. The average Bonchev–Trinajstić information content (AvgIpc) is 2.25. The van der Waals surface area contributed by atoms with Crippen LogP contribution in [0.25, 0.3) is 0 Å². The van der Waals surface area contributed by atoms with Gasteiger partial charge in [0.25, 0.3) is 0 Å². The number of ether oxygens (including phenoxy) is 1. The third kappa shape index (κ3) is 4.52. The number of hydrogen-bond acceptors (Lipinski definition) is 2. The second-order valence-corrected chi connectivity index (χ2v) is 5.04. The van der Waals surface area contributed by atoms with E-state index in [9.17, 15) is 0 Å². The third-order valence-corrected chi connectivity index (χ3v) is 3.63. The van der Waals surface area contributed by atoms with E-state index in [4.69, 9.17) is 4.74 Å². The maximum absolute atomic E-state index is 5.32. The van der Waals surface area contributed by atoms with Gasteiger partial charge in [0.2, 0.25) is 0 Å². The second-order valence-electron chi connectivity index (χ2n) is 5.04. The molecule has 0 amide bonds. The lowest BCUT2D eigenvalue weighted by molar-refractivity contribution is 0.118. The third-order valence-electron chi connectivity index (χ3n) is 3.63. The van der Waals surface area contributed by atoms with E-state index < -0.39 is 0 Å². The largest absolute Gasteiger partial charge is 0.383 e. The van der Waals surface area contributed by atoms with Crippen LogP contribution in [0.5, 0.6) is 0 Å². The average molecular weight is 213 g/mol. The Morgan fingerprint density at radius 1 is 1.27 bits per heavy atom. The fraction of sp³-hybridized carbons (Fsp3) is 1.00. The highest BCUT2D eigenvalue weighted by Crippen LogP contribution is 2.30. The molecule has 1 fully saturated rings. The van der Waals surface area contributed by atoms with E-state index in [0.717, 1.165) is 25.0 Å². The molecule has 1 aliphatic rings. The van der Waals surface area contributed by atoms with Crippen molar-refractivity contribution in [3.63, 3.8) is 0 Å². The number of hydrogen-bond donors (Lipinski definition) is 1. The van der Waals surface area contributed by atoms with Crippen molar-refractivity contribution >= 4 is 0 Å². The van der Waals surface area contributed by atoms with Crippen molar-refractivity contribution in [1.29, 1.82) is 0 Å². The summed E-state index contributed by atoms with van der Waals surface area (Å²) in [6.07, 6.45) is 6.78. The van der Waals surface area contributed by atoms with Gasteiger partial charge in [-0.3, -0.25) is 0 Å². The molecule has 0 spiro atoms. The van der Waals surface area contributed by atoms with E-state index in [1.165, 1.54) is 32.1 Å². The van der Waals surface area contributed by atoms with E-state index in [1.807, 2.05) is 7.11 Å². The summed E-state index contributed by atoms with van der Waals surface area (Å²) >= 11 is 0. The molecule has 1 rings (SSSR count). The molecule has 1 N–H and O–H groups in total. The van der Waals surface area contributed by atoms with Gasteiger partial charge < -0.3 is 10.1 Å². The Labute approximate surface area is 94.8 Å². The number of rotatable bonds is 6. The molecular weight excluding hydrogens is 186 g/mol. The van der Waals surface area contributed by atoms with Gasteiger partial charge in [-0.2, -0.15) is 0 Å². The van der Waals surface area contributed by atoms with Crippen molar-refractivity contribution in [2.75, 3.05) is 20.3 Å². The van der Waals surface area contributed by atoms with E-state index in [2.05, 4.69) is 19.2 Å². The highest BCUT2D eigenvalue weighted by molar-refractivity contribution is 4.80. The van der Waals surface area contributed by atoms with Crippen LogP contribution in [0, 0.1) is 11.8 Å². The van der Waals surface area contributed by atoms with Gasteiger partial charge in [0.1, 0.15) is 0 Å². The molecular formula is C13H27NO. The first-order valence-corrected chi connectivity index (χ1v) is 6.50. The van der Waals surface area contributed by atoms with Gasteiger partial charge in [0.05, 0.1) is 6.61 Å². The zero-order valence-corrected chi connectivity index (χ0v) is 10.6. The highest BCUT2D eigenvalue weighted by atomic mass is 16.5.